The number of hydrogen-bond donors (Lipinski definition) is 0. The zero-order chi connectivity index (χ0) is 15.4. The second-order valence-corrected chi connectivity index (χ2v) is 6.31. The van der Waals surface area contributed by atoms with Gasteiger partial charge in [-0.1, -0.05) is 19.1 Å². The van der Waals surface area contributed by atoms with Gasteiger partial charge in [0.05, 0.1) is 25.8 Å². The number of morpholine rings is 1. The van der Waals surface area contributed by atoms with Crippen LogP contribution in [0.15, 0.2) is 17.1 Å². The molecule has 0 aromatic carbocycles. The van der Waals surface area contributed by atoms with Crippen molar-refractivity contribution in [2.75, 3.05) is 45.9 Å². The van der Waals surface area contributed by atoms with E-state index in [9.17, 15) is 4.79 Å². The number of nitrogens with zero attached hydrogens (tertiary/aromatic N) is 3. The highest BCUT2D eigenvalue weighted by atomic mass is 16.5. The lowest BCUT2D eigenvalue weighted by Crippen LogP contribution is -2.50. The lowest BCUT2D eigenvalue weighted by Gasteiger charge is -2.36. The van der Waals surface area contributed by atoms with Crippen LogP contribution >= 0.6 is 0 Å². The quantitative estimate of drug-likeness (QED) is 0.720. The van der Waals surface area contributed by atoms with Gasteiger partial charge in [0.25, 0.3) is 0 Å². The van der Waals surface area contributed by atoms with Gasteiger partial charge < -0.3 is 9.64 Å². The molecule has 122 valence electrons. The molecule has 5 heteroatoms. The Morgan fingerprint density at radius 2 is 2.23 bits per heavy atom. The molecular weight excluding hydrogens is 278 g/mol. The molecule has 0 aromatic rings. The van der Waals surface area contributed by atoms with Crippen molar-refractivity contribution in [3.05, 3.63) is 12.2 Å². The number of hydrogen-bond acceptors (Lipinski definition) is 4. The normalized spacial score (nSPS) is 28.3. The summed E-state index contributed by atoms with van der Waals surface area (Å²) in [6, 6.07) is 0.272. The molecule has 0 spiro atoms. The number of aliphatic imine (C=N–C) groups is 1. The average Bonchev–Trinajstić information content (AvgIpc) is 3.00. The zero-order valence-corrected chi connectivity index (χ0v) is 13.5. The van der Waals surface area contributed by atoms with Crippen LogP contribution in [0.1, 0.15) is 26.2 Å². The fraction of sp³-hybridized carbons (Fsp3) is 0.765. The molecule has 1 saturated heterocycles. The summed E-state index contributed by atoms with van der Waals surface area (Å²) in [7, 11) is 0. The fourth-order valence-corrected chi connectivity index (χ4v) is 3.70. The van der Waals surface area contributed by atoms with Gasteiger partial charge >= 0.3 is 0 Å². The van der Waals surface area contributed by atoms with Crippen LogP contribution in [0.2, 0.25) is 0 Å². The molecule has 0 aromatic heterocycles. The second-order valence-electron chi connectivity index (χ2n) is 6.31. The van der Waals surface area contributed by atoms with Crippen LogP contribution < -0.4 is 0 Å². The van der Waals surface area contributed by atoms with E-state index in [1.807, 2.05) is 6.92 Å². The minimum atomic E-state index is 0.268. The molecule has 0 saturated carbocycles. The molecule has 1 amide bonds. The van der Waals surface area contributed by atoms with Gasteiger partial charge in [-0.2, -0.15) is 0 Å². The van der Waals surface area contributed by atoms with E-state index < -0.39 is 0 Å². The highest BCUT2D eigenvalue weighted by Crippen LogP contribution is 2.29. The van der Waals surface area contributed by atoms with Gasteiger partial charge in [-0.05, 0) is 6.42 Å². The molecule has 3 rings (SSSR count). The lowest BCUT2D eigenvalue weighted by atomic mass is 9.87. The van der Waals surface area contributed by atoms with Crippen LogP contribution in [0.5, 0.6) is 0 Å². The Bertz CT molecular complexity index is 455. The Morgan fingerprint density at radius 1 is 1.41 bits per heavy atom. The van der Waals surface area contributed by atoms with E-state index >= 15 is 0 Å². The van der Waals surface area contributed by atoms with Crippen molar-refractivity contribution in [2.24, 2.45) is 10.9 Å². The summed E-state index contributed by atoms with van der Waals surface area (Å²) in [4.78, 5) is 21.7. The van der Waals surface area contributed by atoms with E-state index in [0.717, 1.165) is 58.8 Å². The maximum absolute atomic E-state index is 12.5. The van der Waals surface area contributed by atoms with Gasteiger partial charge in [-0.25, -0.2) is 0 Å². The topological polar surface area (TPSA) is 45.1 Å². The Hall–Kier alpha value is -1.20. The number of carbonyl (C=O) groups is 1. The largest absolute Gasteiger partial charge is 0.379 e. The van der Waals surface area contributed by atoms with Crippen molar-refractivity contribution in [2.45, 2.75) is 32.2 Å². The fourth-order valence-electron chi connectivity index (χ4n) is 3.70. The summed E-state index contributed by atoms with van der Waals surface area (Å²) < 4.78 is 5.40. The first-order chi connectivity index (χ1) is 10.8. The maximum atomic E-state index is 12.5. The third-order valence-corrected chi connectivity index (χ3v) is 5.04. The van der Waals surface area contributed by atoms with Crippen molar-refractivity contribution in [1.82, 2.24) is 9.80 Å². The highest BCUT2D eigenvalue weighted by Gasteiger charge is 2.37. The number of allylic oxidation sites excluding steroid dienone is 2. The SMILES string of the molecule is CCC(=O)N(CCN1CCOCC1)C1CN=C2CC=CCC21. The number of fused-ring (bicyclic) bond motifs is 1. The predicted molar refractivity (Wildman–Crippen MR) is 87.2 cm³/mol. The first-order valence-corrected chi connectivity index (χ1v) is 8.57. The number of amides is 1. The maximum Gasteiger partial charge on any atom is 0.222 e. The average molecular weight is 305 g/mol. The Balaban J connectivity index is 1.62. The first-order valence-electron chi connectivity index (χ1n) is 8.57. The molecule has 2 unspecified atom stereocenters. The molecule has 22 heavy (non-hydrogen) atoms. The summed E-state index contributed by atoms with van der Waals surface area (Å²) in [5, 5.41) is 0. The highest BCUT2D eigenvalue weighted by molar-refractivity contribution is 5.92. The molecule has 0 bridgehead atoms. The van der Waals surface area contributed by atoms with Crippen molar-refractivity contribution in [3.63, 3.8) is 0 Å². The minimum absolute atomic E-state index is 0.268. The van der Waals surface area contributed by atoms with E-state index in [1.165, 1.54) is 5.71 Å². The monoisotopic (exact) mass is 305 g/mol. The van der Waals surface area contributed by atoms with Crippen LogP contribution in [0.25, 0.3) is 0 Å². The minimum Gasteiger partial charge on any atom is -0.379 e. The number of ether oxygens (including phenoxy) is 1. The van der Waals surface area contributed by atoms with Gasteiger partial charge in [0, 0.05) is 50.7 Å². The Morgan fingerprint density at radius 3 is 3.00 bits per heavy atom. The summed E-state index contributed by atoms with van der Waals surface area (Å²) >= 11 is 0. The van der Waals surface area contributed by atoms with Gasteiger partial charge in [-0.15, -0.1) is 0 Å². The van der Waals surface area contributed by atoms with Gasteiger partial charge in [0.15, 0.2) is 0 Å². The molecule has 2 atom stereocenters. The molecule has 2 heterocycles. The van der Waals surface area contributed by atoms with E-state index in [-0.39, 0.29) is 11.9 Å². The second kappa shape index (κ2) is 7.38. The first kappa shape index (κ1) is 15.7. The molecule has 1 aliphatic carbocycles. The molecule has 1 fully saturated rings. The molecule has 3 aliphatic rings. The predicted octanol–water partition coefficient (Wildman–Crippen LogP) is 1.35. The molecule has 0 radical (unpaired) electrons. The summed E-state index contributed by atoms with van der Waals surface area (Å²) in [5.41, 5.74) is 1.30. The van der Waals surface area contributed by atoms with Gasteiger partial charge in [0.1, 0.15) is 0 Å². The number of rotatable bonds is 5. The van der Waals surface area contributed by atoms with E-state index in [1.54, 1.807) is 0 Å². The Labute approximate surface area is 133 Å². The summed E-state index contributed by atoms with van der Waals surface area (Å²) in [6.45, 7) is 8.10. The Kier molecular flexibility index (Phi) is 5.26. The number of carbonyl (C=O) groups excluding carboxylic acids is 1. The summed E-state index contributed by atoms with van der Waals surface area (Å²) in [6.07, 6.45) is 7.04. The van der Waals surface area contributed by atoms with Crippen LogP contribution in [-0.2, 0) is 9.53 Å². The van der Waals surface area contributed by atoms with Crippen molar-refractivity contribution < 1.29 is 9.53 Å². The summed E-state index contributed by atoms with van der Waals surface area (Å²) in [5.74, 6) is 0.717. The smallest absolute Gasteiger partial charge is 0.222 e. The van der Waals surface area contributed by atoms with Crippen LogP contribution in [0.3, 0.4) is 0 Å². The van der Waals surface area contributed by atoms with E-state index in [4.69, 9.17) is 9.73 Å². The van der Waals surface area contributed by atoms with Crippen molar-refractivity contribution in [1.29, 1.82) is 0 Å². The molecule has 2 aliphatic heterocycles. The standard InChI is InChI=1S/C17H27N3O2/c1-2-17(21)20(8-7-19-9-11-22-12-10-19)16-13-18-15-6-4-3-5-14(15)16/h3-4,14,16H,2,5-13H2,1H3. The zero-order valence-electron chi connectivity index (χ0n) is 13.5. The van der Waals surface area contributed by atoms with E-state index in [0.29, 0.717) is 12.3 Å². The van der Waals surface area contributed by atoms with Crippen molar-refractivity contribution >= 4 is 11.6 Å². The van der Waals surface area contributed by atoms with Crippen molar-refractivity contribution in [3.8, 4) is 0 Å². The van der Waals surface area contributed by atoms with Gasteiger partial charge in [-0.3, -0.25) is 14.7 Å². The molecular formula is C17H27N3O2. The van der Waals surface area contributed by atoms with Crippen LogP contribution in [0, 0.1) is 5.92 Å². The molecule has 0 N–H and O–H groups in total. The van der Waals surface area contributed by atoms with Crippen LogP contribution in [0.4, 0.5) is 0 Å². The van der Waals surface area contributed by atoms with E-state index in [2.05, 4.69) is 22.0 Å². The lowest BCUT2D eigenvalue weighted by molar-refractivity contribution is -0.133. The van der Waals surface area contributed by atoms with Crippen LogP contribution in [-0.4, -0.2) is 73.4 Å². The third-order valence-electron chi connectivity index (χ3n) is 5.04. The van der Waals surface area contributed by atoms with Gasteiger partial charge in [0.2, 0.25) is 5.91 Å². The molecule has 5 nitrogen and oxygen atoms in total. The third kappa shape index (κ3) is 3.41.